The van der Waals surface area contributed by atoms with Gasteiger partial charge >= 0.3 is 5.69 Å². The van der Waals surface area contributed by atoms with Crippen molar-refractivity contribution in [2.45, 2.75) is 4.90 Å². The first kappa shape index (κ1) is 15.1. The Bertz CT molecular complexity index is 813. The maximum absolute atomic E-state index is 13.4. The number of pyridine rings is 1. The first-order valence-electron chi connectivity index (χ1n) is 5.37. The number of rotatable bonds is 4. The molecular weight excluding hydrogens is 325 g/mol. The molecule has 0 spiro atoms. The number of nitrogens with one attached hydrogen (secondary N) is 1. The van der Waals surface area contributed by atoms with Crippen LogP contribution in [0.5, 0.6) is 0 Å². The van der Waals surface area contributed by atoms with Gasteiger partial charge < -0.3 is 0 Å². The summed E-state index contributed by atoms with van der Waals surface area (Å²) >= 11 is 5.75. The van der Waals surface area contributed by atoms with Crippen LogP contribution in [0.4, 0.5) is 15.8 Å². The van der Waals surface area contributed by atoms with Crippen LogP contribution in [0.15, 0.2) is 41.6 Å². The topological polar surface area (TPSA) is 102 Å². The summed E-state index contributed by atoms with van der Waals surface area (Å²) in [6.07, 6.45) is 2.35. The summed E-state index contributed by atoms with van der Waals surface area (Å²) in [5.74, 6) is -1.16. The summed E-state index contributed by atoms with van der Waals surface area (Å²) in [4.78, 5) is 12.9. The van der Waals surface area contributed by atoms with E-state index in [9.17, 15) is 22.9 Å². The van der Waals surface area contributed by atoms with E-state index >= 15 is 0 Å². The van der Waals surface area contributed by atoms with E-state index in [4.69, 9.17) is 11.6 Å². The molecule has 2 rings (SSSR count). The van der Waals surface area contributed by atoms with Crippen molar-refractivity contribution in [1.29, 1.82) is 0 Å². The zero-order valence-electron chi connectivity index (χ0n) is 10.2. The van der Waals surface area contributed by atoms with Gasteiger partial charge in [-0.2, -0.15) is 4.39 Å². The lowest BCUT2D eigenvalue weighted by molar-refractivity contribution is -0.387. The molecule has 0 aliphatic heterocycles. The molecule has 2 aromatic rings. The van der Waals surface area contributed by atoms with Crippen LogP contribution >= 0.6 is 11.6 Å². The molecule has 0 amide bonds. The number of nitrogens with zero attached hydrogens (tertiary/aromatic N) is 2. The number of anilines is 1. The molecule has 0 bridgehead atoms. The fourth-order valence-corrected chi connectivity index (χ4v) is 2.97. The molecule has 0 aliphatic carbocycles. The minimum absolute atomic E-state index is 0.0557. The third kappa shape index (κ3) is 3.26. The number of sulfonamides is 1. The van der Waals surface area contributed by atoms with Crippen LogP contribution < -0.4 is 4.72 Å². The molecule has 0 unspecified atom stereocenters. The van der Waals surface area contributed by atoms with Crippen LogP contribution in [0, 0.1) is 15.9 Å². The Morgan fingerprint density at radius 2 is 2.05 bits per heavy atom. The van der Waals surface area contributed by atoms with Gasteiger partial charge in [0.05, 0.1) is 15.6 Å². The minimum Gasteiger partial charge on any atom is -0.279 e. The Labute approximate surface area is 123 Å². The number of benzene rings is 1. The quantitative estimate of drug-likeness (QED) is 0.685. The van der Waals surface area contributed by atoms with Crippen molar-refractivity contribution in [1.82, 2.24) is 4.98 Å². The number of nitro benzene ring substituents is 1. The Kier molecular flexibility index (Phi) is 4.05. The van der Waals surface area contributed by atoms with Gasteiger partial charge in [0.15, 0.2) is 0 Å². The van der Waals surface area contributed by atoms with Crippen LogP contribution in [0.2, 0.25) is 5.02 Å². The average molecular weight is 332 g/mol. The molecule has 7 nitrogen and oxygen atoms in total. The fraction of sp³-hybridized carbons (Fsp3) is 0. The van der Waals surface area contributed by atoms with Crippen molar-refractivity contribution in [2.75, 3.05) is 4.72 Å². The Morgan fingerprint density at radius 3 is 2.62 bits per heavy atom. The van der Waals surface area contributed by atoms with Crippen LogP contribution in [0.1, 0.15) is 0 Å². The molecule has 0 saturated carbocycles. The standard InChI is InChI=1S/C11H7ClFN3O4S/c12-8-3-4-14-6-11(8)21(19,20)15-7-1-2-10(16(17)18)9(13)5-7/h1-6,15H. The second-order valence-electron chi connectivity index (χ2n) is 3.83. The fourth-order valence-electron chi connectivity index (χ4n) is 1.49. The van der Waals surface area contributed by atoms with Crippen molar-refractivity contribution in [3.8, 4) is 0 Å². The van der Waals surface area contributed by atoms with E-state index in [-0.39, 0.29) is 15.6 Å². The van der Waals surface area contributed by atoms with E-state index in [0.717, 1.165) is 18.3 Å². The number of hydrogen-bond donors (Lipinski definition) is 1. The molecule has 1 N–H and O–H groups in total. The molecule has 0 fully saturated rings. The maximum atomic E-state index is 13.4. The summed E-state index contributed by atoms with van der Waals surface area (Å²) in [5.41, 5.74) is -0.921. The SMILES string of the molecule is O=[N+]([O-])c1ccc(NS(=O)(=O)c2cnccc2Cl)cc1F. The Morgan fingerprint density at radius 1 is 1.33 bits per heavy atom. The molecule has 10 heteroatoms. The molecule has 1 aromatic heterocycles. The second kappa shape index (κ2) is 5.62. The molecule has 0 radical (unpaired) electrons. The van der Waals surface area contributed by atoms with Gasteiger partial charge in [0.2, 0.25) is 5.82 Å². The number of aromatic nitrogens is 1. The van der Waals surface area contributed by atoms with Crippen LogP contribution in [0.25, 0.3) is 0 Å². The first-order valence-corrected chi connectivity index (χ1v) is 7.23. The highest BCUT2D eigenvalue weighted by Crippen LogP contribution is 2.25. The van der Waals surface area contributed by atoms with E-state index in [1.54, 1.807) is 0 Å². The molecule has 1 heterocycles. The smallest absolute Gasteiger partial charge is 0.279 e. The van der Waals surface area contributed by atoms with Gasteiger partial charge in [-0.25, -0.2) is 8.42 Å². The van der Waals surface area contributed by atoms with Crippen molar-refractivity contribution in [3.63, 3.8) is 0 Å². The average Bonchev–Trinajstić information content (AvgIpc) is 2.38. The van der Waals surface area contributed by atoms with E-state index < -0.39 is 26.5 Å². The zero-order chi connectivity index (χ0) is 15.6. The normalized spacial score (nSPS) is 11.1. The van der Waals surface area contributed by atoms with E-state index in [0.29, 0.717) is 6.07 Å². The molecule has 0 saturated heterocycles. The number of hydrogen-bond acceptors (Lipinski definition) is 5. The van der Waals surface area contributed by atoms with Crippen molar-refractivity contribution in [3.05, 3.63) is 57.6 Å². The lowest BCUT2D eigenvalue weighted by Crippen LogP contribution is -2.14. The second-order valence-corrected chi connectivity index (χ2v) is 5.89. The van der Waals surface area contributed by atoms with Crippen LogP contribution in [0.3, 0.4) is 0 Å². The van der Waals surface area contributed by atoms with Crippen molar-refractivity contribution >= 4 is 33.0 Å². The number of nitro groups is 1. The third-order valence-electron chi connectivity index (χ3n) is 2.42. The minimum atomic E-state index is -4.07. The van der Waals surface area contributed by atoms with Gasteiger partial charge in [0.25, 0.3) is 10.0 Å². The molecule has 21 heavy (non-hydrogen) atoms. The Hall–Kier alpha value is -2.26. The monoisotopic (exact) mass is 331 g/mol. The first-order chi connectivity index (χ1) is 9.81. The van der Waals surface area contributed by atoms with Crippen LogP contribution in [-0.2, 0) is 10.0 Å². The zero-order valence-corrected chi connectivity index (χ0v) is 11.7. The van der Waals surface area contributed by atoms with Crippen molar-refractivity contribution < 1.29 is 17.7 Å². The van der Waals surface area contributed by atoms with Crippen molar-refractivity contribution in [2.24, 2.45) is 0 Å². The molecule has 0 atom stereocenters. The maximum Gasteiger partial charge on any atom is 0.304 e. The highest BCUT2D eigenvalue weighted by molar-refractivity contribution is 7.92. The highest BCUT2D eigenvalue weighted by atomic mass is 35.5. The van der Waals surface area contributed by atoms with E-state index in [1.807, 2.05) is 0 Å². The van der Waals surface area contributed by atoms with Gasteiger partial charge in [-0.15, -0.1) is 0 Å². The van der Waals surface area contributed by atoms with Gasteiger partial charge in [0.1, 0.15) is 4.90 Å². The van der Waals surface area contributed by atoms with Gasteiger partial charge in [-0.1, -0.05) is 11.6 Å². The lowest BCUT2D eigenvalue weighted by atomic mass is 10.3. The summed E-state index contributed by atoms with van der Waals surface area (Å²) in [6, 6.07) is 3.92. The predicted molar refractivity (Wildman–Crippen MR) is 73.1 cm³/mol. The van der Waals surface area contributed by atoms with Gasteiger partial charge in [-0.3, -0.25) is 19.8 Å². The Balaban J connectivity index is 2.36. The van der Waals surface area contributed by atoms with E-state index in [2.05, 4.69) is 9.71 Å². The summed E-state index contributed by atoms with van der Waals surface area (Å²) in [7, 11) is -4.07. The highest BCUT2D eigenvalue weighted by Gasteiger charge is 2.20. The largest absolute Gasteiger partial charge is 0.304 e. The van der Waals surface area contributed by atoms with Crippen LogP contribution in [-0.4, -0.2) is 18.3 Å². The predicted octanol–water partition coefficient (Wildman–Crippen LogP) is 2.58. The summed E-state index contributed by atoms with van der Waals surface area (Å²) in [5, 5.41) is 10.4. The molecular formula is C11H7ClFN3O4S. The third-order valence-corrected chi connectivity index (χ3v) is 4.27. The summed E-state index contributed by atoms with van der Waals surface area (Å²) < 4.78 is 39.6. The number of halogens is 2. The summed E-state index contributed by atoms with van der Waals surface area (Å²) in [6.45, 7) is 0. The molecule has 110 valence electrons. The van der Waals surface area contributed by atoms with Gasteiger partial charge in [0, 0.05) is 24.5 Å². The lowest BCUT2D eigenvalue weighted by Gasteiger charge is -2.08. The molecule has 1 aromatic carbocycles. The van der Waals surface area contributed by atoms with E-state index in [1.165, 1.54) is 12.3 Å². The molecule has 0 aliphatic rings. The van der Waals surface area contributed by atoms with Gasteiger partial charge in [-0.05, 0) is 12.1 Å².